The molecule has 2 heterocycles. The third kappa shape index (κ3) is 5.09. The zero-order valence-corrected chi connectivity index (χ0v) is 15.7. The fourth-order valence-electron chi connectivity index (χ4n) is 3.40. The lowest BCUT2D eigenvalue weighted by Gasteiger charge is -2.30. The summed E-state index contributed by atoms with van der Waals surface area (Å²) in [6, 6.07) is -0.292. The fourth-order valence-corrected chi connectivity index (χ4v) is 3.40. The van der Waals surface area contributed by atoms with Crippen LogP contribution in [0.2, 0.25) is 0 Å². The molecule has 2 amide bonds. The molecule has 0 fully saturated rings. The Morgan fingerprint density at radius 2 is 1.81 bits per heavy atom. The van der Waals surface area contributed by atoms with Gasteiger partial charge in [-0.1, -0.05) is 0 Å². The van der Waals surface area contributed by atoms with E-state index in [0.717, 1.165) is 10.8 Å². The molecule has 13 heteroatoms. The average molecular weight is 450 g/mol. The number of fused-ring (bicyclic) bond motifs is 1. The number of carbonyl (C=O) groups excluding carboxylic acids is 1. The molecule has 3 rings (SSSR count). The van der Waals surface area contributed by atoms with Crippen LogP contribution in [0.3, 0.4) is 0 Å². The van der Waals surface area contributed by atoms with Crippen molar-refractivity contribution in [2.24, 2.45) is 0 Å². The van der Waals surface area contributed by atoms with Gasteiger partial charge < -0.3 is 19.9 Å². The minimum Gasteiger partial charge on any atom is -0.465 e. The number of hydrogen-bond donors (Lipinski definition) is 2. The molecule has 168 valence electrons. The Morgan fingerprint density at radius 3 is 2.45 bits per heavy atom. The molecule has 0 saturated carbocycles. The second-order valence-electron chi connectivity index (χ2n) is 6.95. The van der Waals surface area contributed by atoms with Crippen molar-refractivity contribution in [3.8, 4) is 0 Å². The number of alkyl halides is 3. The maximum Gasteiger partial charge on any atom is 0.449 e. The van der Waals surface area contributed by atoms with Crippen molar-refractivity contribution in [3.05, 3.63) is 52.9 Å². The molecule has 0 radical (unpaired) electrons. The van der Waals surface area contributed by atoms with Gasteiger partial charge in [0.05, 0.1) is 18.4 Å². The molecule has 1 aromatic carbocycles. The summed E-state index contributed by atoms with van der Waals surface area (Å²) >= 11 is 0. The van der Waals surface area contributed by atoms with Gasteiger partial charge >= 0.3 is 12.3 Å². The predicted molar refractivity (Wildman–Crippen MR) is 92.2 cm³/mol. The molecule has 31 heavy (non-hydrogen) atoms. The summed E-state index contributed by atoms with van der Waals surface area (Å²) in [4.78, 5) is 28.2. The maximum absolute atomic E-state index is 13.9. The van der Waals surface area contributed by atoms with E-state index in [1.807, 2.05) is 5.32 Å². The Hall–Kier alpha value is -3.25. The van der Waals surface area contributed by atoms with Crippen molar-refractivity contribution in [2.75, 3.05) is 6.54 Å². The molecule has 1 aliphatic rings. The van der Waals surface area contributed by atoms with Gasteiger partial charge in [-0.25, -0.2) is 22.9 Å². The molecule has 0 aliphatic carbocycles. The number of hydrogen-bond acceptors (Lipinski definition) is 3. The van der Waals surface area contributed by atoms with Gasteiger partial charge in [-0.05, 0) is 18.1 Å². The molecule has 0 saturated heterocycles. The number of carboxylic acid groups (broad SMARTS) is 1. The van der Waals surface area contributed by atoms with Crippen LogP contribution in [0, 0.1) is 17.5 Å². The molecule has 1 atom stereocenters. The van der Waals surface area contributed by atoms with E-state index in [9.17, 15) is 35.9 Å². The van der Waals surface area contributed by atoms with Crippen LogP contribution in [0.5, 0.6) is 0 Å². The van der Waals surface area contributed by atoms with Crippen LogP contribution >= 0.6 is 0 Å². The van der Waals surface area contributed by atoms with E-state index in [4.69, 9.17) is 5.11 Å². The quantitative estimate of drug-likeness (QED) is 0.542. The Bertz CT molecular complexity index is 1010. The van der Waals surface area contributed by atoms with E-state index >= 15 is 0 Å². The number of nitrogens with one attached hydrogen (secondary N) is 1. The number of aromatic nitrogens is 2. The van der Waals surface area contributed by atoms with Gasteiger partial charge in [0.2, 0.25) is 11.7 Å². The van der Waals surface area contributed by atoms with E-state index in [-0.39, 0.29) is 30.9 Å². The summed E-state index contributed by atoms with van der Waals surface area (Å²) in [5.41, 5.74) is -0.182. The van der Waals surface area contributed by atoms with Crippen LogP contribution < -0.4 is 5.32 Å². The SMILES string of the molecule is O=C(O)N[C@@H](CC(=O)N1CCn2c(cnc2C(F)(F)F)C1)Cc1cc(F)c(F)cc1F. The van der Waals surface area contributed by atoms with Gasteiger partial charge in [-0.15, -0.1) is 0 Å². The first-order valence-electron chi connectivity index (χ1n) is 8.98. The van der Waals surface area contributed by atoms with E-state index < -0.39 is 60.3 Å². The molecular formula is C18H16F6N4O3. The van der Waals surface area contributed by atoms with Gasteiger partial charge in [-0.3, -0.25) is 4.79 Å². The largest absolute Gasteiger partial charge is 0.465 e. The second kappa shape index (κ2) is 8.47. The van der Waals surface area contributed by atoms with Crippen molar-refractivity contribution < 1.29 is 41.0 Å². The van der Waals surface area contributed by atoms with E-state index in [1.54, 1.807) is 0 Å². The van der Waals surface area contributed by atoms with Crippen molar-refractivity contribution in [1.29, 1.82) is 0 Å². The smallest absolute Gasteiger partial charge is 0.449 e. The molecule has 0 bridgehead atoms. The van der Waals surface area contributed by atoms with Crippen molar-refractivity contribution in [1.82, 2.24) is 19.8 Å². The molecule has 1 aliphatic heterocycles. The Labute approximate surface area is 171 Å². The number of halogens is 6. The highest BCUT2D eigenvalue weighted by Gasteiger charge is 2.38. The van der Waals surface area contributed by atoms with E-state index in [1.165, 1.54) is 4.90 Å². The fraction of sp³-hybridized carbons (Fsp3) is 0.389. The topological polar surface area (TPSA) is 87.5 Å². The number of rotatable bonds is 5. The first-order valence-corrected chi connectivity index (χ1v) is 8.98. The lowest BCUT2D eigenvalue weighted by Crippen LogP contribution is -2.44. The molecule has 7 nitrogen and oxygen atoms in total. The molecular weight excluding hydrogens is 434 g/mol. The van der Waals surface area contributed by atoms with Gasteiger partial charge in [-0.2, -0.15) is 13.2 Å². The lowest BCUT2D eigenvalue weighted by atomic mass is 10.0. The monoisotopic (exact) mass is 450 g/mol. The number of imidazole rings is 1. The Balaban J connectivity index is 1.72. The Morgan fingerprint density at radius 1 is 1.13 bits per heavy atom. The summed E-state index contributed by atoms with van der Waals surface area (Å²) in [7, 11) is 0. The Kier molecular flexibility index (Phi) is 6.13. The van der Waals surface area contributed by atoms with Crippen LogP contribution in [0.4, 0.5) is 31.1 Å². The minimum atomic E-state index is -4.64. The zero-order valence-electron chi connectivity index (χ0n) is 15.7. The third-order valence-electron chi connectivity index (χ3n) is 4.80. The minimum absolute atomic E-state index is 0.0788. The van der Waals surface area contributed by atoms with Crippen LogP contribution in [0.15, 0.2) is 18.3 Å². The first-order chi connectivity index (χ1) is 14.5. The summed E-state index contributed by atoms with van der Waals surface area (Å²) in [6.45, 7) is -0.420. The highest BCUT2D eigenvalue weighted by atomic mass is 19.4. The van der Waals surface area contributed by atoms with Gasteiger partial charge in [0, 0.05) is 31.6 Å². The molecule has 1 aromatic heterocycles. The van der Waals surface area contributed by atoms with Crippen LogP contribution in [-0.2, 0) is 30.5 Å². The van der Waals surface area contributed by atoms with Gasteiger partial charge in [0.1, 0.15) is 5.82 Å². The highest BCUT2D eigenvalue weighted by molar-refractivity contribution is 5.78. The molecule has 0 spiro atoms. The van der Waals surface area contributed by atoms with Crippen LogP contribution in [-0.4, -0.2) is 44.1 Å². The van der Waals surface area contributed by atoms with E-state index in [2.05, 4.69) is 4.98 Å². The van der Waals surface area contributed by atoms with Crippen molar-refractivity contribution in [3.63, 3.8) is 0 Å². The summed E-state index contributed by atoms with van der Waals surface area (Å²) in [5, 5.41) is 11.0. The van der Waals surface area contributed by atoms with Gasteiger partial charge in [0.25, 0.3) is 0 Å². The van der Waals surface area contributed by atoms with Crippen molar-refractivity contribution in [2.45, 2.75) is 38.1 Å². The number of benzene rings is 1. The van der Waals surface area contributed by atoms with E-state index in [0.29, 0.717) is 12.1 Å². The molecule has 2 aromatic rings. The molecule has 2 N–H and O–H groups in total. The first kappa shape index (κ1) is 22.4. The maximum atomic E-state index is 13.9. The zero-order chi connectivity index (χ0) is 22.9. The highest BCUT2D eigenvalue weighted by Crippen LogP contribution is 2.30. The normalized spacial score (nSPS) is 14.8. The number of amides is 2. The van der Waals surface area contributed by atoms with Crippen LogP contribution in [0.1, 0.15) is 23.5 Å². The predicted octanol–water partition coefficient (Wildman–Crippen LogP) is 2.93. The summed E-state index contributed by atoms with van der Waals surface area (Å²) in [6.07, 6.45) is -6.07. The third-order valence-corrected chi connectivity index (χ3v) is 4.80. The number of nitrogens with zero attached hydrogens (tertiary/aromatic N) is 3. The van der Waals surface area contributed by atoms with Gasteiger partial charge in [0.15, 0.2) is 11.6 Å². The lowest BCUT2D eigenvalue weighted by molar-refractivity contribution is -0.148. The van der Waals surface area contributed by atoms with Crippen LogP contribution in [0.25, 0.3) is 0 Å². The second-order valence-corrected chi connectivity index (χ2v) is 6.95. The number of carbonyl (C=O) groups is 2. The van der Waals surface area contributed by atoms with Crippen molar-refractivity contribution >= 4 is 12.0 Å². The molecule has 0 unspecified atom stereocenters. The summed E-state index contributed by atoms with van der Waals surface area (Å²) < 4.78 is 80.2. The standard InChI is InChI=1S/C18H16F6N4O3/c19-12-6-14(21)13(20)4-9(12)3-10(26-17(30)31)5-15(29)27-1-2-28-11(8-27)7-25-16(28)18(22,23)24/h4,6-7,10,26H,1-3,5,8H2,(H,30,31)/t10-/m1/s1. The summed E-state index contributed by atoms with van der Waals surface area (Å²) in [5.74, 6) is -5.54. The average Bonchev–Trinajstić information content (AvgIpc) is 3.09.